The summed E-state index contributed by atoms with van der Waals surface area (Å²) in [4.78, 5) is 14.1. The summed E-state index contributed by atoms with van der Waals surface area (Å²) >= 11 is 7.70. The van der Waals surface area contributed by atoms with E-state index in [-0.39, 0.29) is 12.4 Å². The molecule has 1 heterocycles. The van der Waals surface area contributed by atoms with E-state index in [0.717, 1.165) is 23.3 Å². The van der Waals surface area contributed by atoms with E-state index in [4.69, 9.17) is 26.8 Å². The molecule has 28 heavy (non-hydrogen) atoms. The molecule has 0 aliphatic heterocycles. The van der Waals surface area contributed by atoms with Crippen LogP contribution in [0.1, 0.15) is 46.3 Å². The lowest BCUT2D eigenvalue weighted by molar-refractivity contribution is 0.0984. The lowest BCUT2D eigenvalue weighted by atomic mass is 9.98. The number of carbonyl (C=O) groups is 1. The highest BCUT2D eigenvalue weighted by Gasteiger charge is 2.20. The number of aliphatic hydroxyl groups excluding tert-OH is 1. The Balaban J connectivity index is 1.90. The predicted octanol–water partition coefficient (Wildman–Crippen LogP) is 4.27. The van der Waals surface area contributed by atoms with Gasteiger partial charge in [0.2, 0.25) is 0 Å². The van der Waals surface area contributed by atoms with Gasteiger partial charge in [0.15, 0.2) is 17.3 Å². The van der Waals surface area contributed by atoms with Crippen LogP contribution in [-0.4, -0.2) is 37.3 Å². The highest BCUT2D eigenvalue weighted by molar-refractivity contribution is 7.14. The van der Waals surface area contributed by atoms with Crippen molar-refractivity contribution in [2.24, 2.45) is 5.73 Å². The van der Waals surface area contributed by atoms with Gasteiger partial charge in [0, 0.05) is 16.8 Å². The van der Waals surface area contributed by atoms with Gasteiger partial charge in [0.1, 0.15) is 0 Å². The fourth-order valence-electron chi connectivity index (χ4n) is 2.80. The number of thiophene rings is 1. The molecule has 7 heteroatoms. The van der Waals surface area contributed by atoms with Gasteiger partial charge in [-0.15, -0.1) is 11.3 Å². The van der Waals surface area contributed by atoms with E-state index in [1.54, 1.807) is 27.2 Å². The van der Waals surface area contributed by atoms with Crippen LogP contribution in [0.25, 0.3) is 0 Å². The van der Waals surface area contributed by atoms with E-state index in [9.17, 15) is 9.90 Å². The molecule has 154 valence electrons. The minimum absolute atomic E-state index is 0.0854. The summed E-state index contributed by atoms with van der Waals surface area (Å²) in [5.41, 5.74) is 6.42. The molecule has 0 amide bonds. The topological polar surface area (TPSA) is 81.8 Å². The van der Waals surface area contributed by atoms with Crippen molar-refractivity contribution in [3.63, 3.8) is 0 Å². The molecular formula is C21H28ClNO4S. The summed E-state index contributed by atoms with van der Waals surface area (Å²) in [5.74, 6) is 1.48. The zero-order valence-corrected chi connectivity index (χ0v) is 18.2. The Morgan fingerprint density at radius 3 is 2.57 bits per heavy atom. The maximum absolute atomic E-state index is 12.5. The number of aryl methyl sites for hydroxylation is 2. The van der Waals surface area contributed by atoms with Crippen molar-refractivity contribution in [2.75, 3.05) is 20.8 Å². The summed E-state index contributed by atoms with van der Waals surface area (Å²) < 4.78 is 10.6. The second-order valence-corrected chi connectivity index (χ2v) is 8.70. The zero-order chi connectivity index (χ0) is 20.7. The van der Waals surface area contributed by atoms with Gasteiger partial charge in [0.25, 0.3) is 0 Å². The molecule has 1 unspecified atom stereocenters. The Hall–Kier alpha value is -1.60. The highest BCUT2D eigenvalue weighted by atomic mass is 35.5. The third-order valence-corrected chi connectivity index (χ3v) is 6.32. The van der Waals surface area contributed by atoms with E-state index in [2.05, 4.69) is 0 Å². The summed E-state index contributed by atoms with van der Waals surface area (Å²) in [6.07, 6.45) is 3.23. The summed E-state index contributed by atoms with van der Waals surface area (Å²) in [5, 5.41) is 9.86. The van der Waals surface area contributed by atoms with Crippen LogP contribution in [0.15, 0.2) is 24.3 Å². The van der Waals surface area contributed by atoms with Crippen LogP contribution in [0.5, 0.6) is 11.5 Å². The van der Waals surface area contributed by atoms with Crippen LogP contribution < -0.4 is 15.2 Å². The molecule has 5 nitrogen and oxygen atoms in total. The third kappa shape index (κ3) is 6.21. The van der Waals surface area contributed by atoms with Crippen LogP contribution in [0.2, 0.25) is 5.02 Å². The van der Waals surface area contributed by atoms with Crippen LogP contribution in [0, 0.1) is 0 Å². The van der Waals surface area contributed by atoms with Gasteiger partial charge >= 0.3 is 0 Å². The molecule has 0 aliphatic rings. The number of aliphatic hydroxyl groups is 1. The smallest absolute Gasteiger partial charge is 0.172 e. The summed E-state index contributed by atoms with van der Waals surface area (Å²) in [7, 11) is 3.21. The van der Waals surface area contributed by atoms with Gasteiger partial charge in [-0.2, -0.15) is 0 Å². The minimum Gasteiger partial charge on any atom is -0.493 e. The Morgan fingerprint density at radius 2 is 1.93 bits per heavy atom. The first-order valence-corrected chi connectivity index (χ1v) is 10.4. The predicted molar refractivity (Wildman–Crippen MR) is 114 cm³/mol. The van der Waals surface area contributed by atoms with E-state index in [0.29, 0.717) is 40.7 Å². The van der Waals surface area contributed by atoms with Crippen molar-refractivity contribution in [3.05, 3.63) is 44.6 Å². The SMILES string of the molecule is COc1ccc(CCCC(=O)c2cc(Cl)c(CCC(C)(N)CO)s2)cc1OC. The Morgan fingerprint density at radius 1 is 1.21 bits per heavy atom. The van der Waals surface area contributed by atoms with Crippen LogP contribution in [0.3, 0.4) is 0 Å². The average molecular weight is 426 g/mol. The molecule has 0 fully saturated rings. The number of hydrogen-bond donors (Lipinski definition) is 2. The zero-order valence-electron chi connectivity index (χ0n) is 16.6. The Kier molecular flexibility index (Phi) is 8.31. The number of carbonyl (C=O) groups excluding carboxylic acids is 1. The first-order chi connectivity index (χ1) is 13.3. The Labute approximate surface area is 175 Å². The molecule has 0 bridgehead atoms. The third-order valence-electron chi connectivity index (χ3n) is 4.63. The lowest BCUT2D eigenvalue weighted by Crippen LogP contribution is -2.40. The van der Waals surface area contributed by atoms with E-state index in [1.807, 2.05) is 18.2 Å². The van der Waals surface area contributed by atoms with Crippen LogP contribution in [0.4, 0.5) is 0 Å². The molecule has 0 saturated carbocycles. The quantitative estimate of drug-likeness (QED) is 0.525. The van der Waals surface area contributed by atoms with Crippen molar-refractivity contribution in [3.8, 4) is 11.5 Å². The number of halogens is 1. The maximum Gasteiger partial charge on any atom is 0.172 e. The maximum atomic E-state index is 12.5. The van der Waals surface area contributed by atoms with Gasteiger partial charge in [0.05, 0.1) is 30.7 Å². The lowest BCUT2D eigenvalue weighted by Gasteiger charge is -2.20. The number of benzene rings is 1. The molecule has 0 radical (unpaired) electrons. The van der Waals surface area contributed by atoms with Crippen molar-refractivity contribution in [1.82, 2.24) is 0 Å². The monoisotopic (exact) mass is 425 g/mol. The number of rotatable bonds is 11. The van der Waals surface area contributed by atoms with Crippen LogP contribution in [-0.2, 0) is 12.8 Å². The van der Waals surface area contributed by atoms with Gasteiger partial charge in [-0.25, -0.2) is 0 Å². The van der Waals surface area contributed by atoms with Crippen molar-refractivity contribution in [1.29, 1.82) is 0 Å². The number of ketones is 1. The first-order valence-electron chi connectivity index (χ1n) is 9.21. The molecule has 1 atom stereocenters. The highest BCUT2D eigenvalue weighted by Crippen LogP contribution is 2.31. The molecule has 1 aromatic heterocycles. The summed E-state index contributed by atoms with van der Waals surface area (Å²) in [6, 6.07) is 7.54. The number of Topliss-reactive ketones (excluding diaryl/α,β-unsaturated/α-hetero) is 1. The average Bonchev–Trinajstić information content (AvgIpc) is 3.07. The molecular weight excluding hydrogens is 398 g/mol. The van der Waals surface area contributed by atoms with Crippen molar-refractivity contribution < 1.29 is 19.4 Å². The van der Waals surface area contributed by atoms with Gasteiger partial charge < -0.3 is 20.3 Å². The van der Waals surface area contributed by atoms with Crippen molar-refractivity contribution in [2.45, 2.75) is 44.6 Å². The second-order valence-electron chi connectivity index (χ2n) is 7.16. The first kappa shape index (κ1) is 22.7. The largest absolute Gasteiger partial charge is 0.493 e. The van der Waals surface area contributed by atoms with Gasteiger partial charge in [-0.05, 0) is 56.4 Å². The molecule has 0 saturated heterocycles. The van der Waals surface area contributed by atoms with Gasteiger partial charge in [-0.1, -0.05) is 17.7 Å². The van der Waals surface area contributed by atoms with Gasteiger partial charge in [-0.3, -0.25) is 4.79 Å². The molecule has 0 spiro atoms. The van der Waals surface area contributed by atoms with E-state index in [1.165, 1.54) is 11.3 Å². The van der Waals surface area contributed by atoms with Crippen LogP contribution >= 0.6 is 22.9 Å². The molecule has 1 aromatic carbocycles. The van der Waals surface area contributed by atoms with Crippen molar-refractivity contribution >= 4 is 28.7 Å². The van der Waals surface area contributed by atoms with E-state index >= 15 is 0 Å². The fourth-order valence-corrected chi connectivity index (χ4v) is 4.21. The second kappa shape index (κ2) is 10.3. The number of ether oxygens (including phenoxy) is 2. The molecule has 0 aliphatic carbocycles. The molecule has 2 aromatic rings. The van der Waals surface area contributed by atoms with E-state index < -0.39 is 5.54 Å². The minimum atomic E-state index is -0.642. The normalized spacial score (nSPS) is 13.2. The molecule has 3 N–H and O–H groups in total. The molecule has 2 rings (SSSR count). The number of hydrogen-bond acceptors (Lipinski definition) is 6. The number of methoxy groups -OCH3 is 2. The fraction of sp³-hybridized carbons (Fsp3) is 0.476. The summed E-state index contributed by atoms with van der Waals surface area (Å²) in [6.45, 7) is 1.71. The number of nitrogens with two attached hydrogens (primary N) is 1. The standard InChI is InChI=1S/C21H28ClNO4S/c1-21(23,13-24)10-9-19-15(22)12-20(28-19)16(25)6-4-5-14-7-8-17(26-2)18(11-14)27-3/h7-8,11-12,24H,4-6,9-10,13,23H2,1-3H3. The Bertz CT molecular complexity index is 804.